The lowest BCUT2D eigenvalue weighted by molar-refractivity contribution is 0.303. The summed E-state index contributed by atoms with van der Waals surface area (Å²) < 4.78 is 12.1. The Kier molecular flexibility index (Phi) is 4.32. The Morgan fingerprint density at radius 2 is 2.17 bits per heavy atom. The van der Waals surface area contributed by atoms with Crippen molar-refractivity contribution in [3.05, 3.63) is 50.8 Å². The Morgan fingerprint density at radius 3 is 2.83 bits per heavy atom. The van der Waals surface area contributed by atoms with Gasteiger partial charge in [-0.3, -0.25) is 0 Å². The lowest BCUT2D eigenvalue weighted by atomic mass is 10.2. The molecule has 2 rings (SSSR count). The van der Waals surface area contributed by atoms with E-state index >= 15 is 0 Å². The predicted molar refractivity (Wildman–Crippen MR) is 74.8 cm³/mol. The lowest BCUT2D eigenvalue weighted by Gasteiger charge is -2.07. The van der Waals surface area contributed by atoms with E-state index in [0.29, 0.717) is 23.9 Å². The number of aryl methyl sites for hydroxylation is 1. The van der Waals surface area contributed by atoms with Crippen LogP contribution >= 0.6 is 27.5 Å². The molecule has 0 fully saturated rings. The highest BCUT2D eigenvalue weighted by atomic mass is 79.9. The molecule has 18 heavy (non-hydrogen) atoms. The van der Waals surface area contributed by atoms with Crippen LogP contribution in [0.1, 0.15) is 17.1 Å². The molecule has 1 heterocycles. The zero-order chi connectivity index (χ0) is 13.1. The third-order valence-corrected chi connectivity index (χ3v) is 3.35. The lowest BCUT2D eigenvalue weighted by Crippen LogP contribution is -1.96. The summed E-state index contributed by atoms with van der Waals surface area (Å²) in [6.45, 7) is 2.68. The van der Waals surface area contributed by atoms with Gasteiger partial charge in [0.25, 0.3) is 0 Å². The van der Waals surface area contributed by atoms with Crippen LogP contribution in [0, 0.1) is 6.92 Å². The minimum absolute atomic E-state index is 0.387. The molecule has 0 atom stereocenters. The zero-order valence-electron chi connectivity index (χ0n) is 9.87. The summed E-state index contributed by atoms with van der Waals surface area (Å²) >= 11 is 9.42. The van der Waals surface area contributed by atoms with Gasteiger partial charge < -0.3 is 14.9 Å². The summed E-state index contributed by atoms with van der Waals surface area (Å²) in [6.07, 6.45) is 0. The van der Waals surface area contributed by atoms with E-state index in [0.717, 1.165) is 21.6 Å². The van der Waals surface area contributed by atoms with Crippen molar-refractivity contribution in [1.29, 1.82) is 0 Å². The highest BCUT2D eigenvalue weighted by molar-refractivity contribution is 9.10. The van der Waals surface area contributed by atoms with Gasteiger partial charge in [-0.25, -0.2) is 0 Å². The monoisotopic (exact) mass is 329 g/mol. The fraction of sp³-hybridized carbons (Fsp3) is 0.231. The van der Waals surface area contributed by atoms with Gasteiger partial charge in [0.15, 0.2) is 0 Å². The first-order valence-electron chi connectivity index (χ1n) is 5.46. The van der Waals surface area contributed by atoms with Gasteiger partial charge >= 0.3 is 0 Å². The van der Waals surface area contributed by atoms with Crippen molar-refractivity contribution in [3.8, 4) is 5.75 Å². The van der Waals surface area contributed by atoms with E-state index < -0.39 is 0 Å². The molecule has 0 unspecified atom stereocenters. The number of nitrogens with two attached hydrogens (primary N) is 1. The molecule has 0 amide bonds. The van der Waals surface area contributed by atoms with E-state index in [4.69, 9.17) is 26.5 Å². The van der Waals surface area contributed by atoms with Gasteiger partial charge in [-0.05, 0) is 31.2 Å². The van der Waals surface area contributed by atoms with Crippen LogP contribution in [-0.4, -0.2) is 0 Å². The summed E-state index contributed by atoms with van der Waals surface area (Å²) in [6, 6.07) is 7.39. The average Bonchev–Trinajstić information content (AvgIpc) is 2.71. The minimum atomic E-state index is 0.387. The van der Waals surface area contributed by atoms with Crippen LogP contribution in [0.15, 0.2) is 33.2 Å². The molecule has 0 spiro atoms. The van der Waals surface area contributed by atoms with Gasteiger partial charge in [-0.15, -0.1) is 0 Å². The molecule has 2 N–H and O–H groups in total. The summed E-state index contributed by atoms with van der Waals surface area (Å²) in [5.74, 6) is 2.22. The smallest absolute Gasteiger partial charge is 0.139 e. The molecular weight excluding hydrogens is 318 g/mol. The van der Waals surface area contributed by atoms with Crippen molar-refractivity contribution in [2.75, 3.05) is 0 Å². The number of rotatable bonds is 4. The molecule has 0 bridgehead atoms. The van der Waals surface area contributed by atoms with E-state index in [-0.39, 0.29) is 0 Å². The van der Waals surface area contributed by atoms with Crippen molar-refractivity contribution in [2.45, 2.75) is 20.1 Å². The predicted octanol–water partition coefficient (Wildman–Crippen LogP) is 4.04. The molecule has 3 nitrogen and oxygen atoms in total. The van der Waals surface area contributed by atoms with Crippen molar-refractivity contribution in [1.82, 2.24) is 0 Å². The van der Waals surface area contributed by atoms with Gasteiger partial charge in [0.05, 0.1) is 11.6 Å². The van der Waals surface area contributed by atoms with Gasteiger partial charge in [-0.1, -0.05) is 27.5 Å². The number of halogens is 2. The third-order valence-electron chi connectivity index (χ3n) is 2.55. The van der Waals surface area contributed by atoms with E-state index in [1.807, 2.05) is 25.1 Å². The maximum Gasteiger partial charge on any atom is 0.139 e. The standard InChI is InChI=1S/C13H13BrClNO2/c1-8-9(4-11(6-16)18-8)7-17-13-5-10(14)2-3-12(13)15/h2-5H,6-7,16H2,1H3. The molecule has 5 heteroatoms. The van der Waals surface area contributed by atoms with Crippen LogP contribution in [0.3, 0.4) is 0 Å². The van der Waals surface area contributed by atoms with E-state index in [2.05, 4.69) is 15.9 Å². The summed E-state index contributed by atoms with van der Waals surface area (Å²) in [4.78, 5) is 0. The van der Waals surface area contributed by atoms with Crippen LogP contribution in [-0.2, 0) is 13.2 Å². The minimum Gasteiger partial charge on any atom is -0.487 e. The Bertz CT molecular complexity index is 554. The number of benzene rings is 1. The molecule has 1 aromatic heterocycles. The molecule has 2 aromatic rings. The fourth-order valence-corrected chi connectivity index (χ4v) is 2.09. The van der Waals surface area contributed by atoms with E-state index in [1.165, 1.54) is 0 Å². The SMILES string of the molecule is Cc1oc(CN)cc1COc1cc(Br)ccc1Cl. The number of furan rings is 1. The van der Waals surface area contributed by atoms with Crippen molar-refractivity contribution >= 4 is 27.5 Å². The topological polar surface area (TPSA) is 48.4 Å². The van der Waals surface area contributed by atoms with Gasteiger partial charge in [0.1, 0.15) is 23.9 Å². The Balaban J connectivity index is 2.11. The normalized spacial score (nSPS) is 10.7. The molecule has 0 aliphatic carbocycles. The van der Waals surface area contributed by atoms with Crippen LogP contribution in [0.5, 0.6) is 5.75 Å². The van der Waals surface area contributed by atoms with Crippen molar-refractivity contribution in [3.63, 3.8) is 0 Å². The second-order valence-corrected chi connectivity index (χ2v) is 5.18. The molecule has 1 aromatic carbocycles. The van der Waals surface area contributed by atoms with Crippen LogP contribution in [0.4, 0.5) is 0 Å². The quantitative estimate of drug-likeness (QED) is 0.920. The average molecular weight is 331 g/mol. The molecule has 96 valence electrons. The Hall–Kier alpha value is -0.970. The largest absolute Gasteiger partial charge is 0.487 e. The van der Waals surface area contributed by atoms with Crippen molar-refractivity contribution in [2.24, 2.45) is 5.73 Å². The van der Waals surface area contributed by atoms with Gasteiger partial charge in [0.2, 0.25) is 0 Å². The zero-order valence-corrected chi connectivity index (χ0v) is 12.2. The summed E-state index contributed by atoms with van der Waals surface area (Å²) in [5, 5.41) is 0.582. The molecule has 0 aliphatic heterocycles. The molecule has 0 radical (unpaired) electrons. The maximum absolute atomic E-state index is 6.05. The number of hydrogen-bond donors (Lipinski definition) is 1. The van der Waals surface area contributed by atoms with E-state index in [1.54, 1.807) is 6.07 Å². The fourth-order valence-electron chi connectivity index (χ4n) is 1.57. The highest BCUT2D eigenvalue weighted by Gasteiger charge is 2.08. The Labute approximate surface area is 119 Å². The number of hydrogen-bond acceptors (Lipinski definition) is 3. The van der Waals surface area contributed by atoms with Gasteiger partial charge in [0, 0.05) is 10.0 Å². The second-order valence-electron chi connectivity index (χ2n) is 3.86. The summed E-state index contributed by atoms with van der Waals surface area (Å²) in [7, 11) is 0. The van der Waals surface area contributed by atoms with Crippen LogP contribution in [0.2, 0.25) is 5.02 Å². The first kappa shape index (κ1) is 13.5. The highest BCUT2D eigenvalue weighted by Crippen LogP contribution is 2.29. The van der Waals surface area contributed by atoms with Crippen molar-refractivity contribution < 1.29 is 9.15 Å². The van der Waals surface area contributed by atoms with Crippen LogP contribution in [0.25, 0.3) is 0 Å². The van der Waals surface area contributed by atoms with Gasteiger partial charge in [-0.2, -0.15) is 0 Å². The number of ether oxygens (including phenoxy) is 1. The molecule has 0 aliphatic rings. The maximum atomic E-state index is 6.05. The second kappa shape index (κ2) is 5.78. The summed E-state index contributed by atoms with van der Waals surface area (Å²) in [5.41, 5.74) is 6.50. The first-order chi connectivity index (χ1) is 8.60. The third kappa shape index (κ3) is 3.07. The molecule has 0 saturated heterocycles. The molecular formula is C13H13BrClNO2. The van der Waals surface area contributed by atoms with E-state index in [9.17, 15) is 0 Å². The van der Waals surface area contributed by atoms with Crippen LogP contribution < -0.4 is 10.5 Å². The Morgan fingerprint density at radius 1 is 1.39 bits per heavy atom. The first-order valence-corrected chi connectivity index (χ1v) is 6.63. The molecule has 0 saturated carbocycles.